The molecule has 1 aromatic carbocycles. The number of anilines is 2. The SMILES string of the molecule is CCN(C(=O)c1ccnc(N2CCOCC2)n1)c1cccc(C)c1. The summed E-state index contributed by atoms with van der Waals surface area (Å²) in [7, 11) is 0. The van der Waals surface area contributed by atoms with Crippen LogP contribution in [0.3, 0.4) is 0 Å². The van der Waals surface area contributed by atoms with Gasteiger partial charge in [-0.15, -0.1) is 0 Å². The number of hydrogen-bond donors (Lipinski definition) is 0. The molecule has 6 heteroatoms. The first-order valence-electron chi connectivity index (χ1n) is 8.23. The maximum absolute atomic E-state index is 12.9. The first kappa shape index (κ1) is 16.4. The average molecular weight is 326 g/mol. The van der Waals surface area contributed by atoms with E-state index in [1.54, 1.807) is 17.2 Å². The van der Waals surface area contributed by atoms with E-state index in [1.807, 2.05) is 43.0 Å². The maximum atomic E-state index is 12.9. The molecule has 24 heavy (non-hydrogen) atoms. The van der Waals surface area contributed by atoms with Crippen LogP contribution in [-0.2, 0) is 4.74 Å². The van der Waals surface area contributed by atoms with Gasteiger partial charge in [0.15, 0.2) is 0 Å². The smallest absolute Gasteiger partial charge is 0.277 e. The van der Waals surface area contributed by atoms with Gasteiger partial charge in [0, 0.05) is 31.5 Å². The minimum atomic E-state index is -0.111. The van der Waals surface area contributed by atoms with Crippen LogP contribution in [0, 0.1) is 6.92 Å². The van der Waals surface area contributed by atoms with Crippen molar-refractivity contribution >= 4 is 17.5 Å². The molecule has 3 rings (SSSR count). The van der Waals surface area contributed by atoms with E-state index in [-0.39, 0.29) is 5.91 Å². The molecule has 1 aliphatic rings. The van der Waals surface area contributed by atoms with Gasteiger partial charge in [-0.3, -0.25) is 4.79 Å². The molecule has 1 aliphatic heterocycles. The molecule has 0 spiro atoms. The van der Waals surface area contributed by atoms with Crippen LogP contribution in [0.15, 0.2) is 36.5 Å². The van der Waals surface area contributed by atoms with Crippen LogP contribution in [0.4, 0.5) is 11.6 Å². The molecule has 0 aliphatic carbocycles. The lowest BCUT2D eigenvalue weighted by atomic mass is 10.2. The molecule has 1 amide bonds. The third kappa shape index (κ3) is 3.54. The van der Waals surface area contributed by atoms with Crippen LogP contribution < -0.4 is 9.80 Å². The van der Waals surface area contributed by atoms with Crippen LogP contribution in [0.25, 0.3) is 0 Å². The normalized spacial score (nSPS) is 14.5. The first-order chi connectivity index (χ1) is 11.7. The number of morpholine rings is 1. The number of nitrogens with zero attached hydrogens (tertiary/aromatic N) is 4. The third-order valence-corrected chi connectivity index (χ3v) is 4.03. The van der Waals surface area contributed by atoms with Crippen LogP contribution in [0.1, 0.15) is 23.0 Å². The van der Waals surface area contributed by atoms with Gasteiger partial charge in [0.05, 0.1) is 13.2 Å². The predicted octanol–water partition coefficient (Wildman–Crippen LogP) is 2.29. The summed E-state index contributed by atoms with van der Waals surface area (Å²) in [6.07, 6.45) is 1.65. The predicted molar refractivity (Wildman–Crippen MR) is 93.6 cm³/mol. The second kappa shape index (κ2) is 7.40. The van der Waals surface area contributed by atoms with Crippen molar-refractivity contribution in [2.45, 2.75) is 13.8 Å². The van der Waals surface area contributed by atoms with Crippen LogP contribution in [0.5, 0.6) is 0 Å². The molecule has 1 saturated heterocycles. The molecule has 1 fully saturated rings. The zero-order valence-electron chi connectivity index (χ0n) is 14.1. The highest BCUT2D eigenvalue weighted by Crippen LogP contribution is 2.19. The van der Waals surface area contributed by atoms with Crippen molar-refractivity contribution in [3.8, 4) is 0 Å². The number of carbonyl (C=O) groups is 1. The van der Waals surface area contributed by atoms with Crippen LogP contribution in [0.2, 0.25) is 0 Å². The van der Waals surface area contributed by atoms with Crippen molar-refractivity contribution in [1.29, 1.82) is 0 Å². The van der Waals surface area contributed by atoms with Crippen molar-refractivity contribution < 1.29 is 9.53 Å². The van der Waals surface area contributed by atoms with E-state index in [4.69, 9.17) is 4.74 Å². The fourth-order valence-corrected chi connectivity index (χ4v) is 2.76. The molecule has 0 unspecified atom stereocenters. The van der Waals surface area contributed by atoms with E-state index in [0.29, 0.717) is 31.4 Å². The van der Waals surface area contributed by atoms with Crippen molar-refractivity contribution in [2.24, 2.45) is 0 Å². The van der Waals surface area contributed by atoms with Crippen molar-refractivity contribution in [1.82, 2.24) is 9.97 Å². The Hall–Kier alpha value is -2.47. The van der Waals surface area contributed by atoms with Gasteiger partial charge in [-0.1, -0.05) is 12.1 Å². The van der Waals surface area contributed by atoms with Gasteiger partial charge in [0.25, 0.3) is 5.91 Å². The Morgan fingerprint density at radius 1 is 1.29 bits per heavy atom. The summed E-state index contributed by atoms with van der Waals surface area (Å²) in [5, 5.41) is 0. The van der Waals surface area contributed by atoms with Gasteiger partial charge < -0.3 is 14.5 Å². The number of aryl methyl sites for hydroxylation is 1. The van der Waals surface area contributed by atoms with E-state index >= 15 is 0 Å². The summed E-state index contributed by atoms with van der Waals surface area (Å²) >= 11 is 0. The molecule has 0 radical (unpaired) electrons. The Morgan fingerprint density at radius 2 is 2.08 bits per heavy atom. The topological polar surface area (TPSA) is 58.6 Å². The Bertz CT molecular complexity index is 714. The molecule has 6 nitrogen and oxygen atoms in total. The third-order valence-electron chi connectivity index (χ3n) is 4.03. The molecule has 0 bridgehead atoms. The molecule has 2 aromatic rings. The lowest BCUT2D eigenvalue weighted by Crippen LogP contribution is -2.38. The highest BCUT2D eigenvalue weighted by atomic mass is 16.5. The largest absolute Gasteiger partial charge is 0.378 e. The number of hydrogen-bond acceptors (Lipinski definition) is 5. The number of ether oxygens (including phenoxy) is 1. The molecular formula is C18H22N4O2. The van der Waals surface area contributed by atoms with E-state index in [2.05, 4.69) is 9.97 Å². The number of benzene rings is 1. The molecule has 126 valence electrons. The minimum Gasteiger partial charge on any atom is -0.378 e. The fraction of sp³-hybridized carbons (Fsp3) is 0.389. The average Bonchev–Trinajstić information content (AvgIpc) is 2.63. The number of aromatic nitrogens is 2. The van der Waals surface area contributed by atoms with Gasteiger partial charge in [0.1, 0.15) is 5.69 Å². The molecular weight excluding hydrogens is 304 g/mol. The van der Waals surface area contributed by atoms with Crippen LogP contribution >= 0.6 is 0 Å². The Kier molecular flexibility index (Phi) is 5.05. The van der Waals surface area contributed by atoms with E-state index in [0.717, 1.165) is 24.3 Å². The Labute approximate surface area is 142 Å². The zero-order valence-corrected chi connectivity index (χ0v) is 14.1. The molecule has 1 aromatic heterocycles. The lowest BCUT2D eigenvalue weighted by Gasteiger charge is -2.27. The highest BCUT2D eigenvalue weighted by Gasteiger charge is 2.20. The maximum Gasteiger partial charge on any atom is 0.277 e. The van der Waals surface area contributed by atoms with Gasteiger partial charge in [0.2, 0.25) is 5.95 Å². The van der Waals surface area contributed by atoms with Crippen LogP contribution in [-0.4, -0.2) is 48.7 Å². The first-order valence-corrected chi connectivity index (χ1v) is 8.23. The van der Waals surface area contributed by atoms with Gasteiger partial charge in [-0.05, 0) is 37.6 Å². The van der Waals surface area contributed by atoms with Crippen molar-refractivity contribution in [2.75, 3.05) is 42.6 Å². The monoisotopic (exact) mass is 326 g/mol. The standard InChI is InChI=1S/C18H22N4O2/c1-3-22(15-6-4-5-14(2)13-15)17(23)16-7-8-19-18(20-16)21-9-11-24-12-10-21/h4-8,13H,3,9-12H2,1-2H3. The molecule has 0 N–H and O–H groups in total. The van der Waals surface area contributed by atoms with E-state index in [9.17, 15) is 4.79 Å². The summed E-state index contributed by atoms with van der Waals surface area (Å²) in [5.74, 6) is 0.476. The van der Waals surface area contributed by atoms with E-state index < -0.39 is 0 Å². The molecule has 2 heterocycles. The van der Waals surface area contributed by atoms with E-state index in [1.165, 1.54) is 0 Å². The number of carbonyl (C=O) groups excluding carboxylic acids is 1. The number of rotatable bonds is 4. The lowest BCUT2D eigenvalue weighted by molar-refractivity contribution is 0.0983. The Balaban J connectivity index is 1.85. The second-order valence-electron chi connectivity index (χ2n) is 5.73. The summed E-state index contributed by atoms with van der Waals surface area (Å²) < 4.78 is 5.35. The van der Waals surface area contributed by atoms with Crippen molar-refractivity contribution in [3.63, 3.8) is 0 Å². The summed E-state index contributed by atoms with van der Waals surface area (Å²) in [6, 6.07) is 9.59. The summed E-state index contributed by atoms with van der Waals surface area (Å²) in [6.45, 7) is 7.37. The summed E-state index contributed by atoms with van der Waals surface area (Å²) in [5.41, 5.74) is 2.42. The highest BCUT2D eigenvalue weighted by molar-refractivity contribution is 6.04. The minimum absolute atomic E-state index is 0.111. The number of amides is 1. The zero-order chi connectivity index (χ0) is 16.9. The van der Waals surface area contributed by atoms with Crippen molar-refractivity contribution in [3.05, 3.63) is 47.8 Å². The quantitative estimate of drug-likeness (QED) is 0.863. The summed E-state index contributed by atoms with van der Waals surface area (Å²) in [4.78, 5) is 25.5. The fourth-order valence-electron chi connectivity index (χ4n) is 2.76. The second-order valence-corrected chi connectivity index (χ2v) is 5.73. The van der Waals surface area contributed by atoms with Gasteiger partial charge in [-0.25, -0.2) is 9.97 Å². The molecule has 0 atom stereocenters. The van der Waals surface area contributed by atoms with Gasteiger partial charge in [-0.2, -0.15) is 0 Å². The Morgan fingerprint density at radius 3 is 2.79 bits per heavy atom. The van der Waals surface area contributed by atoms with Gasteiger partial charge >= 0.3 is 0 Å². The molecule has 0 saturated carbocycles.